The Hall–Kier alpha value is -1.95. The SMILES string of the molecule is c1n[nH]cc1-c1csc(-c2cn[nH]c2)n1. The first-order chi connectivity index (χ1) is 7.43. The van der Waals surface area contributed by atoms with Crippen LogP contribution in [-0.4, -0.2) is 25.4 Å². The monoisotopic (exact) mass is 217 g/mol. The van der Waals surface area contributed by atoms with Crippen LogP contribution < -0.4 is 0 Å². The summed E-state index contributed by atoms with van der Waals surface area (Å²) in [7, 11) is 0. The molecule has 0 aromatic carbocycles. The third kappa shape index (κ3) is 1.44. The van der Waals surface area contributed by atoms with Crippen molar-refractivity contribution in [3.63, 3.8) is 0 Å². The number of aromatic nitrogens is 5. The molecule has 0 radical (unpaired) electrons. The van der Waals surface area contributed by atoms with Crippen LogP contribution in [0.1, 0.15) is 0 Å². The van der Waals surface area contributed by atoms with Crippen LogP contribution >= 0.6 is 11.3 Å². The van der Waals surface area contributed by atoms with Crippen LogP contribution in [0.2, 0.25) is 0 Å². The van der Waals surface area contributed by atoms with Crippen molar-refractivity contribution in [1.29, 1.82) is 0 Å². The van der Waals surface area contributed by atoms with Crippen molar-refractivity contribution in [2.75, 3.05) is 0 Å². The van der Waals surface area contributed by atoms with Crippen LogP contribution in [0.15, 0.2) is 30.2 Å². The minimum Gasteiger partial charge on any atom is -0.285 e. The van der Waals surface area contributed by atoms with Crippen molar-refractivity contribution in [3.8, 4) is 21.8 Å². The molecule has 5 nitrogen and oxygen atoms in total. The molecule has 0 atom stereocenters. The van der Waals surface area contributed by atoms with Gasteiger partial charge >= 0.3 is 0 Å². The summed E-state index contributed by atoms with van der Waals surface area (Å²) in [6.07, 6.45) is 7.18. The van der Waals surface area contributed by atoms with E-state index in [4.69, 9.17) is 0 Å². The van der Waals surface area contributed by atoms with E-state index in [1.54, 1.807) is 23.7 Å². The van der Waals surface area contributed by atoms with E-state index < -0.39 is 0 Å². The molecule has 0 fully saturated rings. The van der Waals surface area contributed by atoms with Crippen LogP contribution in [0.25, 0.3) is 21.8 Å². The van der Waals surface area contributed by atoms with Crippen LogP contribution in [-0.2, 0) is 0 Å². The number of nitrogens with one attached hydrogen (secondary N) is 2. The molecule has 6 heteroatoms. The van der Waals surface area contributed by atoms with Gasteiger partial charge < -0.3 is 0 Å². The lowest BCUT2D eigenvalue weighted by Crippen LogP contribution is -1.74. The Morgan fingerprint density at radius 1 is 1.00 bits per heavy atom. The van der Waals surface area contributed by atoms with Gasteiger partial charge in [0.1, 0.15) is 5.01 Å². The molecule has 0 amide bonds. The van der Waals surface area contributed by atoms with Gasteiger partial charge in [-0.2, -0.15) is 10.2 Å². The summed E-state index contributed by atoms with van der Waals surface area (Å²) < 4.78 is 0. The van der Waals surface area contributed by atoms with E-state index in [1.807, 2.05) is 17.8 Å². The van der Waals surface area contributed by atoms with Crippen LogP contribution in [0.4, 0.5) is 0 Å². The molecule has 3 heterocycles. The molecule has 0 aliphatic carbocycles. The summed E-state index contributed by atoms with van der Waals surface area (Å²) in [5.74, 6) is 0. The highest BCUT2D eigenvalue weighted by molar-refractivity contribution is 7.13. The minimum atomic E-state index is 0.935. The number of H-pyrrole nitrogens is 2. The van der Waals surface area contributed by atoms with Crippen molar-refractivity contribution in [1.82, 2.24) is 25.4 Å². The highest BCUT2D eigenvalue weighted by Crippen LogP contribution is 2.27. The van der Waals surface area contributed by atoms with Gasteiger partial charge in [0, 0.05) is 28.9 Å². The van der Waals surface area contributed by atoms with Gasteiger partial charge in [-0.3, -0.25) is 10.2 Å². The Bertz CT molecular complexity index is 488. The lowest BCUT2D eigenvalue weighted by molar-refractivity contribution is 1.09. The van der Waals surface area contributed by atoms with Crippen molar-refractivity contribution < 1.29 is 0 Å². The van der Waals surface area contributed by atoms with Crippen LogP contribution in [0.5, 0.6) is 0 Å². The van der Waals surface area contributed by atoms with Gasteiger partial charge in [0.15, 0.2) is 0 Å². The van der Waals surface area contributed by atoms with Gasteiger partial charge in [-0.15, -0.1) is 11.3 Å². The second kappa shape index (κ2) is 3.32. The van der Waals surface area contributed by atoms with E-state index in [-0.39, 0.29) is 0 Å². The number of rotatable bonds is 2. The summed E-state index contributed by atoms with van der Waals surface area (Å²) in [4.78, 5) is 4.49. The molecule has 0 aliphatic heterocycles. The van der Waals surface area contributed by atoms with E-state index in [0.29, 0.717) is 0 Å². The Morgan fingerprint density at radius 2 is 1.73 bits per heavy atom. The number of aromatic amines is 2. The predicted molar refractivity (Wildman–Crippen MR) is 57.3 cm³/mol. The predicted octanol–water partition coefficient (Wildman–Crippen LogP) is 1.92. The lowest BCUT2D eigenvalue weighted by atomic mass is 10.3. The molecular weight excluding hydrogens is 210 g/mol. The molecule has 0 unspecified atom stereocenters. The van der Waals surface area contributed by atoms with Gasteiger partial charge in [-0.05, 0) is 0 Å². The summed E-state index contributed by atoms with van der Waals surface area (Å²) in [6.45, 7) is 0. The maximum Gasteiger partial charge on any atom is 0.127 e. The van der Waals surface area contributed by atoms with Crippen LogP contribution in [0, 0.1) is 0 Å². The van der Waals surface area contributed by atoms with Crippen molar-refractivity contribution in [3.05, 3.63) is 30.2 Å². The topological polar surface area (TPSA) is 70.2 Å². The standard InChI is InChI=1S/C9H7N5S/c1-6(2-11-10-1)8-5-15-9(14-8)7-3-12-13-4-7/h1-5H,(H,10,11)(H,12,13). The van der Waals surface area contributed by atoms with Gasteiger partial charge in [0.2, 0.25) is 0 Å². The fourth-order valence-electron chi connectivity index (χ4n) is 1.30. The summed E-state index contributed by atoms with van der Waals surface area (Å²) in [6, 6.07) is 0. The molecule has 15 heavy (non-hydrogen) atoms. The van der Waals surface area contributed by atoms with E-state index in [2.05, 4.69) is 25.4 Å². The molecule has 0 aliphatic rings. The van der Waals surface area contributed by atoms with E-state index in [9.17, 15) is 0 Å². The average molecular weight is 217 g/mol. The maximum absolute atomic E-state index is 4.49. The van der Waals surface area contributed by atoms with Gasteiger partial charge in [0.05, 0.1) is 18.1 Å². The Morgan fingerprint density at radius 3 is 2.40 bits per heavy atom. The van der Waals surface area contributed by atoms with E-state index >= 15 is 0 Å². The summed E-state index contributed by atoms with van der Waals surface area (Å²) in [5.41, 5.74) is 2.95. The zero-order valence-corrected chi connectivity index (χ0v) is 8.45. The van der Waals surface area contributed by atoms with Gasteiger partial charge in [0.25, 0.3) is 0 Å². The Kier molecular flexibility index (Phi) is 1.85. The largest absolute Gasteiger partial charge is 0.285 e. The first kappa shape index (κ1) is 8.37. The van der Waals surface area contributed by atoms with Gasteiger partial charge in [-0.25, -0.2) is 4.98 Å². The van der Waals surface area contributed by atoms with Crippen molar-refractivity contribution >= 4 is 11.3 Å². The fraction of sp³-hybridized carbons (Fsp3) is 0. The quantitative estimate of drug-likeness (QED) is 0.689. The maximum atomic E-state index is 4.49. The summed E-state index contributed by atoms with van der Waals surface area (Å²) >= 11 is 1.59. The molecule has 0 spiro atoms. The molecule has 2 N–H and O–H groups in total. The lowest BCUT2D eigenvalue weighted by Gasteiger charge is -1.87. The van der Waals surface area contributed by atoms with E-state index in [1.165, 1.54) is 0 Å². The molecule has 3 rings (SSSR count). The molecule has 0 saturated carbocycles. The number of hydrogen-bond acceptors (Lipinski definition) is 4. The molecule has 0 bridgehead atoms. The molecule has 3 aromatic heterocycles. The smallest absolute Gasteiger partial charge is 0.127 e. The number of hydrogen-bond donors (Lipinski definition) is 2. The Balaban J connectivity index is 2.02. The fourth-order valence-corrected chi connectivity index (χ4v) is 2.11. The molecular formula is C9H7N5S. The normalized spacial score (nSPS) is 10.7. The Labute approximate surface area is 89.2 Å². The molecule has 3 aromatic rings. The first-order valence-electron chi connectivity index (χ1n) is 4.37. The highest BCUT2D eigenvalue weighted by atomic mass is 32.1. The molecule has 0 saturated heterocycles. The van der Waals surface area contributed by atoms with Crippen LogP contribution in [0.3, 0.4) is 0 Å². The van der Waals surface area contributed by atoms with Gasteiger partial charge in [-0.1, -0.05) is 0 Å². The van der Waals surface area contributed by atoms with Crippen molar-refractivity contribution in [2.45, 2.75) is 0 Å². The summed E-state index contributed by atoms with van der Waals surface area (Å²) in [5, 5.41) is 16.3. The number of nitrogens with zero attached hydrogens (tertiary/aromatic N) is 3. The minimum absolute atomic E-state index is 0.935. The highest BCUT2D eigenvalue weighted by Gasteiger charge is 2.07. The zero-order chi connectivity index (χ0) is 10.1. The average Bonchev–Trinajstić information content (AvgIpc) is 3.02. The molecule has 74 valence electrons. The zero-order valence-electron chi connectivity index (χ0n) is 7.64. The first-order valence-corrected chi connectivity index (χ1v) is 5.25. The third-order valence-corrected chi connectivity index (χ3v) is 2.93. The van der Waals surface area contributed by atoms with Crippen molar-refractivity contribution in [2.24, 2.45) is 0 Å². The number of thiazole rings is 1. The third-order valence-electron chi connectivity index (χ3n) is 2.04. The van der Waals surface area contributed by atoms with E-state index in [0.717, 1.165) is 21.8 Å². The second-order valence-electron chi connectivity index (χ2n) is 3.01. The second-order valence-corrected chi connectivity index (χ2v) is 3.87.